The number of piperazine rings is 1. The number of benzene rings is 2. The average molecular weight is 599 g/mol. The molecule has 8 nitrogen and oxygen atoms in total. The minimum absolute atomic E-state index is 0.0116. The minimum atomic E-state index is -0.680. The molecular formula is C34H36F2N6O2. The van der Waals surface area contributed by atoms with Crippen molar-refractivity contribution in [2.75, 3.05) is 31.1 Å². The summed E-state index contributed by atoms with van der Waals surface area (Å²) >= 11 is 0. The Morgan fingerprint density at radius 2 is 1.91 bits per heavy atom. The summed E-state index contributed by atoms with van der Waals surface area (Å²) < 4.78 is 38.3. The fourth-order valence-electron chi connectivity index (χ4n) is 9.30. The number of halogens is 2. The average Bonchev–Trinajstić information content (AvgIpc) is 3.77. The van der Waals surface area contributed by atoms with Gasteiger partial charge in [-0.25, -0.2) is 8.78 Å². The van der Waals surface area contributed by atoms with Crippen LogP contribution in [-0.4, -0.2) is 74.9 Å². The van der Waals surface area contributed by atoms with E-state index in [1.807, 2.05) is 0 Å². The lowest BCUT2D eigenvalue weighted by Gasteiger charge is -2.35. The van der Waals surface area contributed by atoms with Crippen molar-refractivity contribution in [1.82, 2.24) is 25.2 Å². The molecule has 2 aromatic heterocycles. The third kappa shape index (κ3) is 4.10. The standard InChI is InChI=1S/C34H36F2N6O2/c35-26-6-1-4-19-12-23(43)13-24(28(19)26)30-29(36)31-25(15-37-30)32(41-16-21-8-9-22(17-41)38-21)40-33(39-31)44-18-34-10-3-11-42(34)27-7-2-5-20(27)14-34/h1,4,6,12-13,15,20-22,27,38,43H,2-3,5,7-11,14,16-18H2. The maximum atomic E-state index is 16.7. The van der Waals surface area contributed by atoms with Crippen LogP contribution < -0.4 is 15.0 Å². The van der Waals surface area contributed by atoms with Crippen molar-refractivity contribution >= 4 is 27.5 Å². The molecule has 0 amide bonds. The highest BCUT2D eigenvalue weighted by molar-refractivity contribution is 6.00. The first-order chi connectivity index (χ1) is 21.5. The zero-order valence-electron chi connectivity index (χ0n) is 24.6. The summed E-state index contributed by atoms with van der Waals surface area (Å²) in [5, 5.41) is 15.3. The van der Waals surface area contributed by atoms with Gasteiger partial charge in [0.15, 0.2) is 5.82 Å². The molecule has 4 aromatic rings. The number of aromatic nitrogens is 3. The lowest BCUT2D eigenvalue weighted by molar-refractivity contribution is 0.0832. The highest BCUT2D eigenvalue weighted by atomic mass is 19.1. The van der Waals surface area contributed by atoms with Crippen LogP contribution in [0.5, 0.6) is 11.8 Å². The van der Waals surface area contributed by atoms with Gasteiger partial charge >= 0.3 is 6.01 Å². The number of hydrogen-bond donors (Lipinski definition) is 2. The molecular weight excluding hydrogens is 562 g/mol. The molecule has 5 fully saturated rings. The van der Waals surface area contributed by atoms with E-state index in [2.05, 4.69) is 25.1 Å². The Labute approximate surface area is 254 Å². The Morgan fingerprint density at radius 1 is 1.05 bits per heavy atom. The van der Waals surface area contributed by atoms with E-state index in [0.29, 0.717) is 41.3 Å². The second kappa shape index (κ2) is 9.94. The van der Waals surface area contributed by atoms with Gasteiger partial charge < -0.3 is 20.1 Å². The number of hydrogen-bond acceptors (Lipinski definition) is 8. The third-order valence-electron chi connectivity index (χ3n) is 11.1. The number of anilines is 1. The van der Waals surface area contributed by atoms with Crippen LogP contribution >= 0.6 is 0 Å². The van der Waals surface area contributed by atoms with Crippen LogP contribution in [0.2, 0.25) is 0 Å². The quantitative estimate of drug-likeness (QED) is 0.309. The van der Waals surface area contributed by atoms with Gasteiger partial charge in [0, 0.05) is 48.4 Å². The first kappa shape index (κ1) is 26.7. The second-order valence-corrected chi connectivity index (χ2v) is 13.7. The lowest BCUT2D eigenvalue weighted by Crippen LogP contribution is -2.51. The SMILES string of the molecule is Oc1cc(-c2ncc3c(N4CC5CCC(C4)N5)nc(OCC45CCCN4C4CCCC4C5)nc3c2F)c2c(F)cccc2c1. The predicted molar refractivity (Wildman–Crippen MR) is 164 cm³/mol. The number of ether oxygens (including phenoxy) is 1. The molecule has 9 rings (SSSR count). The number of nitrogens with zero attached hydrogens (tertiary/aromatic N) is 5. The van der Waals surface area contributed by atoms with E-state index in [1.165, 1.54) is 37.5 Å². The summed E-state index contributed by atoms with van der Waals surface area (Å²) in [5.41, 5.74) is 0.197. The number of nitrogens with one attached hydrogen (secondary N) is 1. The molecule has 44 heavy (non-hydrogen) atoms. The van der Waals surface area contributed by atoms with E-state index in [1.54, 1.807) is 18.3 Å². The molecule has 6 heterocycles. The molecule has 2 N–H and O–H groups in total. The smallest absolute Gasteiger partial charge is 0.319 e. The molecule has 1 saturated carbocycles. The van der Waals surface area contributed by atoms with Crippen LogP contribution in [0.4, 0.5) is 14.6 Å². The van der Waals surface area contributed by atoms with Crippen molar-refractivity contribution in [2.45, 2.75) is 75.0 Å². The first-order valence-electron chi connectivity index (χ1n) is 16.1. The molecule has 5 atom stereocenters. The first-order valence-corrected chi connectivity index (χ1v) is 16.1. The molecule has 1 aliphatic carbocycles. The molecule has 10 heteroatoms. The van der Waals surface area contributed by atoms with E-state index < -0.39 is 11.6 Å². The number of aromatic hydroxyl groups is 1. The van der Waals surface area contributed by atoms with Crippen LogP contribution in [0.15, 0.2) is 36.5 Å². The van der Waals surface area contributed by atoms with Gasteiger partial charge in [0.25, 0.3) is 0 Å². The van der Waals surface area contributed by atoms with E-state index in [4.69, 9.17) is 9.72 Å². The van der Waals surface area contributed by atoms with E-state index in [9.17, 15) is 5.11 Å². The van der Waals surface area contributed by atoms with Gasteiger partial charge in [-0.05, 0) is 81.0 Å². The maximum absolute atomic E-state index is 16.7. The van der Waals surface area contributed by atoms with E-state index in [0.717, 1.165) is 57.7 Å². The summed E-state index contributed by atoms with van der Waals surface area (Å²) in [6, 6.07) is 8.93. The van der Waals surface area contributed by atoms with Crippen molar-refractivity contribution in [3.63, 3.8) is 0 Å². The summed E-state index contributed by atoms with van der Waals surface area (Å²) in [4.78, 5) is 19.0. The van der Waals surface area contributed by atoms with E-state index in [-0.39, 0.29) is 39.5 Å². The highest BCUT2D eigenvalue weighted by Crippen LogP contribution is 2.51. The summed E-state index contributed by atoms with van der Waals surface area (Å²) in [7, 11) is 0. The van der Waals surface area contributed by atoms with Gasteiger partial charge in [0.05, 0.1) is 10.9 Å². The lowest BCUT2D eigenvalue weighted by atomic mass is 9.90. The number of fused-ring (bicyclic) bond motifs is 7. The van der Waals surface area contributed by atoms with Crippen molar-refractivity contribution in [3.05, 3.63) is 48.2 Å². The van der Waals surface area contributed by atoms with Crippen LogP contribution in [0.3, 0.4) is 0 Å². The Hall–Kier alpha value is -3.63. The van der Waals surface area contributed by atoms with Gasteiger partial charge in [-0.1, -0.05) is 18.6 Å². The molecule has 5 aliphatic rings. The zero-order chi connectivity index (χ0) is 29.6. The van der Waals surface area contributed by atoms with E-state index >= 15 is 8.78 Å². The monoisotopic (exact) mass is 598 g/mol. The fraction of sp³-hybridized carbons (Fsp3) is 0.500. The Balaban J connectivity index is 1.16. The third-order valence-corrected chi connectivity index (χ3v) is 11.1. The number of phenols is 1. The van der Waals surface area contributed by atoms with Crippen molar-refractivity contribution in [2.24, 2.45) is 5.92 Å². The van der Waals surface area contributed by atoms with Crippen molar-refractivity contribution in [1.29, 1.82) is 0 Å². The topological polar surface area (TPSA) is 86.6 Å². The highest BCUT2D eigenvalue weighted by Gasteiger charge is 2.55. The number of phenolic OH excluding ortho intramolecular Hbond substituents is 1. The Morgan fingerprint density at radius 3 is 2.77 bits per heavy atom. The predicted octanol–water partition coefficient (Wildman–Crippen LogP) is 5.56. The zero-order valence-corrected chi connectivity index (χ0v) is 24.6. The second-order valence-electron chi connectivity index (χ2n) is 13.7. The molecule has 0 radical (unpaired) electrons. The van der Waals surface area contributed by atoms with Gasteiger partial charge in [-0.2, -0.15) is 9.97 Å². The molecule has 228 valence electrons. The molecule has 4 aliphatic heterocycles. The van der Waals surface area contributed by atoms with Crippen molar-refractivity contribution < 1.29 is 18.6 Å². The largest absolute Gasteiger partial charge is 0.508 e. The molecule has 0 spiro atoms. The van der Waals surface area contributed by atoms with Crippen LogP contribution in [-0.2, 0) is 0 Å². The Bertz CT molecular complexity index is 1790. The number of rotatable bonds is 5. The van der Waals surface area contributed by atoms with Crippen molar-refractivity contribution in [3.8, 4) is 23.0 Å². The van der Waals surface area contributed by atoms with Crippen LogP contribution in [0, 0.1) is 17.6 Å². The van der Waals surface area contributed by atoms with Gasteiger partial charge in [-0.15, -0.1) is 0 Å². The minimum Gasteiger partial charge on any atom is -0.508 e. The van der Waals surface area contributed by atoms with Gasteiger partial charge in [-0.3, -0.25) is 9.88 Å². The molecule has 4 saturated heterocycles. The van der Waals surface area contributed by atoms with Gasteiger partial charge in [0.2, 0.25) is 0 Å². The molecule has 2 aromatic carbocycles. The van der Waals surface area contributed by atoms with Crippen LogP contribution in [0.1, 0.15) is 51.4 Å². The Kier molecular flexibility index (Phi) is 6.04. The normalized spacial score (nSPS) is 29.5. The number of pyridine rings is 1. The maximum Gasteiger partial charge on any atom is 0.319 e. The van der Waals surface area contributed by atoms with Crippen LogP contribution in [0.25, 0.3) is 32.9 Å². The fourth-order valence-corrected chi connectivity index (χ4v) is 9.30. The molecule has 5 unspecified atom stereocenters. The molecule has 2 bridgehead atoms. The summed E-state index contributed by atoms with van der Waals surface area (Å²) in [6.07, 6.45) is 11.0. The summed E-state index contributed by atoms with van der Waals surface area (Å²) in [5.74, 6) is 0.0681. The van der Waals surface area contributed by atoms with Gasteiger partial charge in [0.1, 0.15) is 35.2 Å². The summed E-state index contributed by atoms with van der Waals surface area (Å²) in [6.45, 7) is 3.11.